The van der Waals surface area contributed by atoms with Crippen molar-refractivity contribution in [2.45, 2.75) is 0 Å². The first-order valence-corrected chi connectivity index (χ1v) is 4.12. The van der Waals surface area contributed by atoms with Gasteiger partial charge in [-0.25, -0.2) is 4.98 Å². The van der Waals surface area contributed by atoms with Gasteiger partial charge in [-0.1, -0.05) is 12.2 Å². The molecule has 0 saturated heterocycles. The summed E-state index contributed by atoms with van der Waals surface area (Å²) in [5, 5.41) is 2.84. The minimum absolute atomic E-state index is 0.801. The molecule has 0 N–H and O–H groups in total. The van der Waals surface area contributed by atoms with Gasteiger partial charge >= 0.3 is 0 Å². The topological polar surface area (TPSA) is 16.1 Å². The number of thiocarbonyl (C=S) groups is 1. The van der Waals surface area contributed by atoms with Gasteiger partial charge in [0, 0.05) is 25.7 Å². The monoisotopic (exact) mass is 172 g/mol. The lowest BCUT2D eigenvalue weighted by Gasteiger charge is -2.09. The van der Waals surface area contributed by atoms with Crippen molar-refractivity contribution < 1.29 is 0 Å². The summed E-state index contributed by atoms with van der Waals surface area (Å²) in [6.45, 7) is 0. The maximum absolute atomic E-state index is 5.07. The summed E-state index contributed by atoms with van der Waals surface area (Å²) in [6.07, 6.45) is 1.76. The fraction of sp³-hybridized carbons (Fsp3) is 0.333. The maximum Gasteiger partial charge on any atom is 0.150 e. The van der Waals surface area contributed by atoms with Gasteiger partial charge in [0.15, 0.2) is 5.01 Å². The van der Waals surface area contributed by atoms with Gasteiger partial charge in [-0.3, -0.25) is 0 Å². The molecule has 0 amide bonds. The highest BCUT2D eigenvalue weighted by Gasteiger charge is 2.03. The lowest BCUT2D eigenvalue weighted by molar-refractivity contribution is 0.636. The SMILES string of the molecule is CN(C)C(=S)c1nccs1. The average Bonchev–Trinajstić information content (AvgIpc) is 2.36. The second-order valence-corrected chi connectivity index (χ2v) is 3.32. The van der Waals surface area contributed by atoms with Crippen LogP contribution >= 0.6 is 23.6 Å². The predicted molar refractivity (Wildman–Crippen MR) is 47.5 cm³/mol. The molecule has 0 saturated carbocycles. The van der Waals surface area contributed by atoms with Crippen molar-refractivity contribution in [2.24, 2.45) is 0 Å². The van der Waals surface area contributed by atoms with E-state index in [-0.39, 0.29) is 0 Å². The summed E-state index contributed by atoms with van der Waals surface area (Å²) in [6, 6.07) is 0. The van der Waals surface area contributed by atoms with Gasteiger partial charge in [0.2, 0.25) is 0 Å². The third-order valence-corrected chi connectivity index (χ3v) is 2.49. The summed E-state index contributed by atoms with van der Waals surface area (Å²) in [4.78, 5) is 6.76. The van der Waals surface area contributed by atoms with E-state index in [0.717, 1.165) is 10.00 Å². The quantitative estimate of drug-likeness (QED) is 0.595. The summed E-state index contributed by atoms with van der Waals surface area (Å²) in [7, 11) is 3.84. The van der Waals surface area contributed by atoms with Crippen LogP contribution in [0.25, 0.3) is 0 Å². The lowest BCUT2D eigenvalue weighted by atomic mass is 10.6. The van der Waals surface area contributed by atoms with Gasteiger partial charge in [0.05, 0.1) is 0 Å². The van der Waals surface area contributed by atoms with Gasteiger partial charge in [0.25, 0.3) is 0 Å². The van der Waals surface area contributed by atoms with Crippen molar-refractivity contribution in [3.05, 3.63) is 16.6 Å². The van der Waals surface area contributed by atoms with E-state index >= 15 is 0 Å². The van der Waals surface area contributed by atoms with Gasteiger partial charge in [0.1, 0.15) is 4.99 Å². The van der Waals surface area contributed by atoms with Crippen LogP contribution in [-0.4, -0.2) is 29.0 Å². The molecule has 4 heteroatoms. The average molecular weight is 172 g/mol. The van der Waals surface area contributed by atoms with Crippen LogP contribution in [0, 0.1) is 0 Å². The van der Waals surface area contributed by atoms with Crippen LogP contribution < -0.4 is 0 Å². The Morgan fingerprint density at radius 2 is 2.40 bits per heavy atom. The number of rotatable bonds is 1. The highest BCUT2D eigenvalue weighted by Crippen LogP contribution is 2.06. The van der Waals surface area contributed by atoms with E-state index in [9.17, 15) is 0 Å². The molecule has 1 aromatic heterocycles. The zero-order valence-corrected chi connectivity index (χ0v) is 7.50. The fourth-order valence-corrected chi connectivity index (χ4v) is 1.37. The second kappa shape index (κ2) is 3.07. The van der Waals surface area contributed by atoms with Gasteiger partial charge in [-0.05, 0) is 0 Å². The summed E-state index contributed by atoms with van der Waals surface area (Å²) in [5.41, 5.74) is 0. The molecular formula is C6H8N2S2. The molecule has 1 heterocycles. The first kappa shape index (κ1) is 7.63. The van der Waals surface area contributed by atoms with Crippen LogP contribution in [0.15, 0.2) is 11.6 Å². The van der Waals surface area contributed by atoms with Crippen molar-refractivity contribution in [3.8, 4) is 0 Å². The van der Waals surface area contributed by atoms with Gasteiger partial charge in [-0.15, -0.1) is 11.3 Å². The molecule has 0 aromatic carbocycles. The molecule has 0 aliphatic rings. The lowest BCUT2D eigenvalue weighted by Crippen LogP contribution is -2.20. The minimum atomic E-state index is 0.801. The van der Waals surface area contributed by atoms with Crippen molar-refractivity contribution in [1.82, 2.24) is 9.88 Å². The zero-order chi connectivity index (χ0) is 7.56. The highest BCUT2D eigenvalue weighted by atomic mass is 32.1. The molecule has 0 spiro atoms. The molecule has 1 aromatic rings. The van der Waals surface area contributed by atoms with E-state index in [0.29, 0.717) is 0 Å². The normalized spacial score (nSPS) is 9.40. The number of hydrogen-bond donors (Lipinski definition) is 0. The van der Waals surface area contributed by atoms with Crippen LogP contribution in [0.3, 0.4) is 0 Å². The predicted octanol–water partition coefficient (Wildman–Crippen LogP) is 1.38. The third kappa shape index (κ3) is 1.52. The molecule has 0 radical (unpaired) electrons. The van der Waals surface area contributed by atoms with Gasteiger partial charge < -0.3 is 4.90 Å². The molecule has 2 nitrogen and oxygen atoms in total. The van der Waals surface area contributed by atoms with Crippen molar-refractivity contribution in [1.29, 1.82) is 0 Å². The Hall–Kier alpha value is -0.480. The largest absolute Gasteiger partial charge is 0.366 e. The smallest absolute Gasteiger partial charge is 0.150 e. The second-order valence-electron chi connectivity index (χ2n) is 2.04. The van der Waals surface area contributed by atoms with Crippen LogP contribution in [0.4, 0.5) is 0 Å². The van der Waals surface area contributed by atoms with E-state index < -0.39 is 0 Å². The minimum Gasteiger partial charge on any atom is -0.366 e. The molecule has 0 bridgehead atoms. The van der Waals surface area contributed by atoms with Crippen LogP contribution in [0.1, 0.15) is 5.01 Å². The van der Waals surface area contributed by atoms with Gasteiger partial charge in [-0.2, -0.15) is 0 Å². The Labute approximate surface area is 69.5 Å². The van der Waals surface area contributed by atoms with E-state index in [1.807, 2.05) is 24.4 Å². The van der Waals surface area contributed by atoms with E-state index in [4.69, 9.17) is 12.2 Å². The summed E-state index contributed by atoms with van der Waals surface area (Å²) >= 11 is 6.64. The number of thiazole rings is 1. The molecule has 0 aliphatic heterocycles. The van der Waals surface area contributed by atoms with Crippen LogP contribution in [0.2, 0.25) is 0 Å². The summed E-state index contributed by atoms with van der Waals surface area (Å²) < 4.78 is 0. The Morgan fingerprint density at radius 3 is 2.80 bits per heavy atom. The van der Waals surface area contributed by atoms with Crippen molar-refractivity contribution >= 4 is 28.5 Å². The molecule has 1 rings (SSSR count). The molecule has 0 unspecified atom stereocenters. The van der Waals surface area contributed by atoms with Crippen molar-refractivity contribution in [2.75, 3.05) is 14.1 Å². The Kier molecular flexibility index (Phi) is 2.34. The number of aromatic nitrogens is 1. The van der Waals surface area contributed by atoms with E-state index in [1.54, 1.807) is 17.5 Å². The summed E-state index contributed by atoms with van der Waals surface area (Å²) in [5.74, 6) is 0. The molecule has 54 valence electrons. The highest BCUT2D eigenvalue weighted by molar-refractivity contribution is 7.81. The first-order valence-electron chi connectivity index (χ1n) is 2.83. The number of nitrogens with zero attached hydrogens (tertiary/aromatic N) is 2. The molecule has 0 fully saturated rings. The van der Waals surface area contributed by atoms with Crippen LogP contribution in [-0.2, 0) is 0 Å². The molecule has 0 atom stereocenters. The Morgan fingerprint density at radius 1 is 1.70 bits per heavy atom. The zero-order valence-electron chi connectivity index (χ0n) is 5.87. The third-order valence-electron chi connectivity index (χ3n) is 1.02. The molecule has 0 aliphatic carbocycles. The molecular weight excluding hydrogens is 164 g/mol. The van der Waals surface area contributed by atoms with Crippen molar-refractivity contribution in [3.63, 3.8) is 0 Å². The maximum atomic E-state index is 5.07. The first-order chi connectivity index (χ1) is 4.72. The fourth-order valence-electron chi connectivity index (χ4n) is 0.520. The van der Waals surface area contributed by atoms with E-state index in [2.05, 4.69) is 4.98 Å². The Balaban J connectivity index is 2.78. The van der Waals surface area contributed by atoms with Crippen LogP contribution in [0.5, 0.6) is 0 Å². The molecule has 10 heavy (non-hydrogen) atoms. The standard InChI is InChI=1S/C6H8N2S2/c1-8(2)6(9)5-7-3-4-10-5/h3-4H,1-2H3. The Bertz CT molecular complexity index is 216. The number of hydrogen-bond acceptors (Lipinski definition) is 3. The van der Waals surface area contributed by atoms with E-state index in [1.165, 1.54) is 0 Å².